The Kier molecular flexibility index (Phi) is 4.32. The fourth-order valence-electron chi connectivity index (χ4n) is 1.57. The molecule has 0 saturated carbocycles. The van der Waals surface area contributed by atoms with Gasteiger partial charge in [-0.25, -0.2) is 4.39 Å². The van der Waals surface area contributed by atoms with E-state index in [1.54, 1.807) is 24.3 Å². The maximum Gasteiger partial charge on any atom is 0.255 e. The Morgan fingerprint density at radius 2 is 1.75 bits per heavy atom. The lowest BCUT2D eigenvalue weighted by molar-refractivity contribution is 0.102. The van der Waals surface area contributed by atoms with Crippen molar-refractivity contribution in [2.24, 2.45) is 5.73 Å². The Bertz CT molecular complexity index is 673. The molecular weight excluding hydrogens is 299 g/mol. The lowest BCUT2D eigenvalue weighted by Crippen LogP contribution is -2.13. The maximum absolute atomic E-state index is 12.9. The monoisotopic (exact) mass is 308 g/mol. The Labute approximate surface area is 125 Å². The van der Waals surface area contributed by atoms with Gasteiger partial charge in [0.05, 0.1) is 10.7 Å². The summed E-state index contributed by atoms with van der Waals surface area (Å²) in [5, 5.41) is 2.74. The standard InChI is InChI=1S/C14H10ClFN2OS/c15-11-7-10(16)5-6-12(11)18-14(19)9-3-1-8(2-4-9)13(17)20/h1-7H,(H2,17,20)(H,18,19). The fraction of sp³-hybridized carbons (Fsp3) is 0. The molecule has 0 spiro atoms. The highest BCUT2D eigenvalue weighted by Crippen LogP contribution is 2.23. The van der Waals surface area contributed by atoms with Gasteiger partial charge >= 0.3 is 0 Å². The third-order valence-corrected chi connectivity index (χ3v) is 3.16. The third-order valence-electron chi connectivity index (χ3n) is 2.61. The summed E-state index contributed by atoms with van der Waals surface area (Å²) in [7, 11) is 0. The number of amides is 1. The number of hydrogen-bond donors (Lipinski definition) is 2. The number of carbonyl (C=O) groups is 1. The molecule has 0 aromatic heterocycles. The van der Waals surface area contributed by atoms with Crippen LogP contribution in [0, 0.1) is 5.82 Å². The first-order valence-electron chi connectivity index (χ1n) is 5.63. The van der Waals surface area contributed by atoms with E-state index < -0.39 is 5.82 Å². The van der Waals surface area contributed by atoms with Crippen LogP contribution in [0.25, 0.3) is 0 Å². The summed E-state index contributed by atoms with van der Waals surface area (Å²) in [6, 6.07) is 10.3. The molecule has 2 aromatic rings. The first-order chi connectivity index (χ1) is 9.47. The number of benzene rings is 2. The predicted octanol–water partition coefficient (Wildman–Crippen LogP) is 3.37. The second-order valence-corrected chi connectivity index (χ2v) is 4.87. The second kappa shape index (κ2) is 5.98. The van der Waals surface area contributed by atoms with Crippen molar-refractivity contribution in [1.29, 1.82) is 0 Å². The summed E-state index contributed by atoms with van der Waals surface area (Å²) < 4.78 is 12.9. The maximum atomic E-state index is 12.9. The minimum atomic E-state index is -0.464. The number of nitrogens with two attached hydrogens (primary N) is 1. The highest BCUT2D eigenvalue weighted by molar-refractivity contribution is 7.80. The summed E-state index contributed by atoms with van der Waals surface area (Å²) in [5.74, 6) is -0.818. The number of rotatable bonds is 3. The molecule has 0 heterocycles. The van der Waals surface area contributed by atoms with Gasteiger partial charge in [-0.05, 0) is 30.3 Å². The molecule has 20 heavy (non-hydrogen) atoms. The van der Waals surface area contributed by atoms with Gasteiger partial charge in [-0.2, -0.15) is 0 Å². The lowest BCUT2D eigenvalue weighted by Gasteiger charge is -2.07. The minimum Gasteiger partial charge on any atom is -0.389 e. The van der Waals surface area contributed by atoms with E-state index in [2.05, 4.69) is 5.32 Å². The van der Waals surface area contributed by atoms with Gasteiger partial charge < -0.3 is 11.1 Å². The molecule has 0 saturated heterocycles. The number of anilines is 1. The topological polar surface area (TPSA) is 55.1 Å². The molecule has 2 rings (SSSR count). The molecule has 0 radical (unpaired) electrons. The van der Waals surface area contributed by atoms with Crippen LogP contribution in [0.3, 0.4) is 0 Å². The van der Waals surface area contributed by atoms with E-state index in [-0.39, 0.29) is 15.9 Å². The number of hydrogen-bond acceptors (Lipinski definition) is 2. The van der Waals surface area contributed by atoms with Crippen molar-refractivity contribution in [3.63, 3.8) is 0 Å². The highest BCUT2D eigenvalue weighted by atomic mass is 35.5. The molecule has 6 heteroatoms. The van der Waals surface area contributed by atoms with E-state index in [1.807, 2.05) is 0 Å². The highest BCUT2D eigenvalue weighted by Gasteiger charge is 2.09. The fourth-order valence-corrected chi connectivity index (χ4v) is 1.92. The molecule has 0 bridgehead atoms. The summed E-state index contributed by atoms with van der Waals surface area (Å²) in [6.07, 6.45) is 0. The number of nitrogens with one attached hydrogen (secondary N) is 1. The van der Waals surface area contributed by atoms with E-state index in [0.29, 0.717) is 16.8 Å². The zero-order chi connectivity index (χ0) is 14.7. The van der Waals surface area contributed by atoms with Crippen LogP contribution < -0.4 is 11.1 Å². The first kappa shape index (κ1) is 14.4. The van der Waals surface area contributed by atoms with Crippen LogP contribution in [0.15, 0.2) is 42.5 Å². The van der Waals surface area contributed by atoms with Crippen molar-refractivity contribution < 1.29 is 9.18 Å². The summed E-state index contributed by atoms with van der Waals surface area (Å²) in [5.41, 5.74) is 6.92. The van der Waals surface area contributed by atoms with Crippen LogP contribution in [0.2, 0.25) is 5.02 Å². The molecule has 0 aliphatic heterocycles. The average molecular weight is 309 g/mol. The molecule has 3 nitrogen and oxygen atoms in total. The normalized spacial score (nSPS) is 10.1. The van der Waals surface area contributed by atoms with Crippen molar-refractivity contribution >= 4 is 40.4 Å². The van der Waals surface area contributed by atoms with E-state index >= 15 is 0 Å². The van der Waals surface area contributed by atoms with Gasteiger partial charge in [0.15, 0.2) is 0 Å². The SMILES string of the molecule is NC(=S)c1ccc(C(=O)Nc2ccc(F)cc2Cl)cc1. The van der Waals surface area contributed by atoms with Crippen molar-refractivity contribution in [2.75, 3.05) is 5.32 Å². The molecule has 0 atom stereocenters. The summed E-state index contributed by atoms with van der Waals surface area (Å²) >= 11 is 10.7. The zero-order valence-electron chi connectivity index (χ0n) is 10.2. The predicted molar refractivity (Wildman–Crippen MR) is 81.7 cm³/mol. The van der Waals surface area contributed by atoms with Crippen molar-refractivity contribution in [2.45, 2.75) is 0 Å². The first-order valence-corrected chi connectivity index (χ1v) is 6.42. The van der Waals surface area contributed by atoms with Gasteiger partial charge in [-0.3, -0.25) is 4.79 Å². The molecule has 0 fully saturated rings. The van der Waals surface area contributed by atoms with Crippen LogP contribution in [0.4, 0.5) is 10.1 Å². The van der Waals surface area contributed by atoms with Crippen molar-refractivity contribution in [3.05, 3.63) is 64.4 Å². The largest absolute Gasteiger partial charge is 0.389 e. The van der Waals surface area contributed by atoms with Gasteiger partial charge in [0, 0.05) is 11.1 Å². The number of halogens is 2. The van der Waals surface area contributed by atoms with Crippen LogP contribution in [0.1, 0.15) is 15.9 Å². The van der Waals surface area contributed by atoms with E-state index in [0.717, 1.165) is 6.07 Å². The summed E-state index contributed by atoms with van der Waals surface area (Å²) in [6.45, 7) is 0. The second-order valence-electron chi connectivity index (χ2n) is 4.02. The molecule has 0 aliphatic carbocycles. The molecule has 2 aromatic carbocycles. The van der Waals surface area contributed by atoms with Gasteiger partial charge in [0.25, 0.3) is 5.91 Å². The number of thiocarbonyl (C=S) groups is 1. The number of carbonyl (C=O) groups excluding carboxylic acids is 1. The van der Waals surface area contributed by atoms with Crippen molar-refractivity contribution in [1.82, 2.24) is 0 Å². The van der Waals surface area contributed by atoms with Gasteiger partial charge in [-0.1, -0.05) is 36.0 Å². The van der Waals surface area contributed by atoms with E-state index in [1.165, 1.54) is 12.1 Å². The van der Waals surface area contributed by atoms with Gasteiger partial charge in [0.1, 0.15) is 10.8 Å². The molecular formula is C14H10ClFN2OS. The van der Waals surface area contributed by atoms with Crippen LogP contribution in [-0.2, 0) is 0 Å². The Morgan fingerprint density at radius 1 is 1.15 bits per heavy atom. The van der Waals surface area contributed by atoms with Crippen molar-refractivity contribution in [3.8, 4) is 0 Å². The molecule has 3 N–H and O–H groups in total. The zero-order valence-corrected chi connectivity index (χ0v) is 11.8. The molecule has 102 valence electrons. The molecule has 1 amide bonds. The smallest absolute Gasteiger partial charge is 0.255 e. The Hall–Kier alpha value is -1.98. The Balaban J connectivity index is 2.17. The third kappa shape index (κ3) is 3.31. The van der Waals surface area contributed by atoms with E-state index in [4.69, 9.17) is 29.6 Å². The lowest BCUT2D eigenvalue weighted by atomic mass is 10.1. The quantitative estimate of drug-likeness (QED) is 0.855. The van der Waals surface area contributed by atoms with Crippen LogP contribution in [-0.4, -0.2) is 10.9 Å². The Morgan fingerprint density at radius 3 is 2.30 bits per heavy atom. The van der Waals surface area contributed by atoms with E-state index in [9.17, 15) is 9.18 Å². The van der Waals surface area contributed by atoms with Crippen LogP contribution >= 0.6 is 23.8 Å². The molecule has 0 unspecified atom stereocenters. The van der Waals surface area contributed by atoms with Crippen LogP contribution in [0.5, 0.6) is 0 Å². The van der Waals surface area contributed by atoms with Gasteiger partial charge in [0.2, 0.25) is 0 Å². The molecule has 0 aliphatic rings. The average Bonchev–Trinajstić information content (AvgIpc) is 2.42. The van der Waals surface area contributed by atoms with Gasteiger partial charge in [-0.15, -0.1) is 0 Å². The summed E-state index contributed by atoms with van der Waals surface area (Å²) in [4.78, 5) is 12.3. The minimum absolute atomic E-state index is 0.137.